The predicted octanol–water partition coefficient (Wildman–Crippen LogP) is 3.79. The van der Waals surface area contributed by atoms with Gasteiger partial charge in [0.15, 0.2) is 5.76 Å². The third-order valence-electron chi connectivity index (χ3n) is 5.52. The van der Waals surface area contributed by atoms with Crippen molar-refractivity contribution < 1.29 is 22.1 Å². The van der Waals surface area contributed by atoms with Gasteiger partial charge >= 0.3 is 0 Å². The number of furan rings is 1. The Morgan fingerprint density at radius 1 is 1.03 bits per heavy atom. The highest BCUT2D eigenvalue weighted by molar-refractivity contribution is 7.89. The van der Waals surface area contributed by atoms with E-state index >= 15 is 0 Å². The molecule has 3 heterocycles. The van der Waals surface area contributed by atoms with E-state index in [1.165, 1.54) is 4.31 Å². The van der Waals surface area contributed by atoms with Crippen LogP contribution in [0.1, 0.15) is 11.1 Å². The number of sulfonamides is 1. The fourth-order valence-corrected chi connectivity index (χ4v) is 5.18. The maximum atomic E-state index is 13.0. The maximum absolute atomic E-state index is 13.0. The third-order valence-corrected chi connectivity index (χ3v) is 7.42. The van der Waals surface area contributed by atoms with Crippen LogP contribution in [-0.2, 0) is 14.8 Å². The normalized spacial score (nSPS) is 15.5. The van der Waals surface area contributed by atoms with Gasteiger partial charge in [-0.05, 0) is 37.6 Å². The molecule has 0 spiro atoms. The van der Waals surface area contributed by atoms with Gasteiger partial charge in [-0.3, -0.25) is 0 Å². The van der Waals surface area contributed by atoms with Gasteiger partial charge in [-0.15, -0.1) is 0 Å². The number of nitrogens with zero attached hydrogens (tertiary/aromatic N) is 3. The van der Waals surface area contributed by atoms with Gasteiger partial charge in [-0.25, -0.2) is 8.42 Å². The summed E-state index contributed by atoms with van der Waals surface area (Å²) in [4.78, 5) is 4.73. The molecule has 0 saturated carbocycles. The van der Waals surface area contributed by atoms with Crippen molar-refractivity contribution in [3.05, 3.63) is 53.6 Å². The summed E-state index contributed by atoms with van der Waals surface area (Å²) in [7, 11) is -3.60. The molecule has 0 bridgehead atoms. The van der Waals surface area contributed by atoms with E-state index < -0.39 is 10.0 Å². The molecule has 1 fully saturated rings. The maximum Gasteiger partial charge on any atom is 0.294 e. The van der Waals surface area contributed by atoms with Crippen LogP contribution in [0.3, 0.4) is 0 Å². The first kappa shape index (κ1) is 19.9. The lowest BCUT2D eigenvalue weighted by molar-refractivity contribution is 0.0730. The van der Waals surface area contributed by atoms with Gasteiger partial charge in [0.1, 0.15) is 5.58 Å². The second-order valence-corrected chi connectivity index (χ2v) is 9.41. The second kappa shape index (κ2) is 7.60. The number of aryl methyl sites for hydroxylation is 2. The Balaban J connectivity index is 1.53. The van der Waals surface area contributed by atoms with Gasteiger partial charge in [-0.2, -0.15) is 9.29 Å². The molecular weight excluding hydrogens is 418 g/mol. The number of aromatic nitrogens is 2. The van der Waals surface area contributed by atoms with E-state index in [-0.39, 0.29) is 10.8 Å². The molecule has 0 radical (unpaired) electrons. The molecule has 4 aromatic rings. The van der Waals surface area contributed by atoms with E-state index in [1.807, 2.05) is 38.1 Å². The number of benzene rings is 2. The van der Waals surface area contributed by atoms with Crippen LogP contribution in [0.25, 0.3) is 34.0 Å². The highest BCUT2D eigenvalue weighted by Gasteiger charge is 2.28. The molecule has 160 valence electrons. The number of ether oxygens (including phenoxy) is 1. The standard InChI is InChI=1S/C22H21N3O5S/c1-14-5-3-4-6-17(14)21-23-22(30-24-21)20-15(2)18-13-16(7-8-19(18)29-20)31(26,27)25-9-11-28-12-10-25/h3-8,13H,9-12H2,1-2H3. The van der Waals surface area contributed by atoms with Crippen molar-refractivity contribution in [2.24, 2.45) is 0 Å². The number of hydrogen-bond donors (Lipinski definition) is 0. The van der Waals surface area contributed by atoms with E-state index in [0.29, 0.717) is 48.9 Å². The minimum atomic E-state index is -3.60. The van der Waals surface area contributed by atoms with Gasteiger partial charge in [0.25, 0.3) is 5.89 Å². The van der Waals surface area contributed by atoms with Gasteiger partial charge in [0.05, 0.1) is 18.1 Å². The lowest BCUT2D eigenvalue weighted by atomic mass is 10.1. The van der Waals surface area contributed by atoms with Gasteiger partial charge in [0.2, 0.25) is 15.8 Å². The van der Waals surface area contributed by atoms with Crippen molar-refractivity contribution in [3.63, 3.8) is 0 Å². The Morgan fingerprint density at radius 3 is 2.58 bits per heavy atom. The molecule has 0 unspecified atom stereocenters. The SMILES string of the molecule is Cc1ccccc1-c1noc(-c2oc3ccc(S(=O)(=O)N4CCOCC4)cc3c2C)n1. The largest absolute Gasteiger partial charge is 0.451 e. The van der Waals surface area contributed by atoms with Crippen LogP contribution in [0.15, 0.2) is 56.3 Å². The Morgan fingerprint density at radius 2 is 1.81 bits per heavy atom. The Hall–Kier alpha value is -3.01. The van der Waals surface area contributed by atoms with Crippen molar-refractivity contribution >= 4 is 21.0 Å². The first-order valence-corrected chi connectivity index (χ1v) is 11.4. The zero-order chi connectivity index (χ0) is 21.6. The average Bonchev–Trinajstić information content (AvgIpc) is 3.39. The molecule has 8 nitrogen and oxygen atoms in total. The Kier molecular flexibility index (Phi) is 4.88. The summed E-state index contributed by atoms with van der Waals surface area (Å²) in [5.41, 5.74) is 3.22. The van der Waals surface area contributed by atoms with E-state index in [4.69, 9.17) is 13.7 Å². The van der Waals surface area contributed by atoms with Crippen LogP contribution in [-0.4, -0.2) is 49.2 Å². The van der Waals surface area contributed by atoms with Gasteiger partial charge in [-0.1, -0.05) is 29.4 Å². The number of morpholine rings is 1. The van der Waals surface area contributed by atoms with E-state index in [0.717, 1.165) is 16.7 Å². The van der Waals surface area contributed by atoms with Crippen molar-refractivity contribution in [1.82, 2.24) is 14.4 Å². The summed E-state index contributed by atoms with van der Waals surface area (Å²) in [6.07, 6.45) is 0. The molecule has 2 aromatic carbocycles. The average molecular weight is 439 g/mol. The minimum absolute atomic E-state index is 0.225. The first-order chi connectivity index (χ1) is 14.9. The Bertz CT molecular complexity index is 1370. The lowest BCUT2D eigenvalue weighted by Gasteiger charge is -2.26. The summed E-state index contributed by atoms with van der Waals surface area (Å²) >= 11 is 0. The first-order valence-electron chi connectivity index (χ1n) is 9.96. The van der Waals surface area contributed by atoms with E-state index in [9.17, 15) is 8.42 Å². The highest BCUT2D eigenvalue weighted by Crippen LogP contribution is 2.35. The molecule has 1 saturated heterocycles. The van der Waals surface area contributed by atoms with Crippen LogP contribution in [0.2, 0.25) is 0 Å². The number of hydrogen-bond acceptors (Lipinski definition) is 7. The van der Waals surface area contributed by atoms with E-state index in [1.54, 1.807) is 18.2 Å². The van der Waals surface area contributed by atoms with Crippen molar-refractivity contribution in [1.29, 1.82) is 0 Å². The van der Waals surface area contributed by atoms with Crippen molar-refractivity contribution in [2.45, 2.75) is 18.7 Å². The minimum Gasteiger partial charge on any atom is -0.451 e. The zero-order valence-corrected chi connectivity index (χ0v) is 18.0. The quantitative estimate of drug-likeness (QED) is 0.477. The summed E-state index contributed by atoms with van der Waals surface area (Å²) in [6.45, 7) is 5.32. The summed E-state index contributed by atoms with van der Waals surface area (Å²) in [6, 6.07) is 12.6. The summed E-state index contributed by atoms with van der Waals surface area (Å²) in [5.74, 6) is 1.16. The monoisotopic (exact) mass is 439 g/mol. The van der Waals surface area contributed by atoms with Crippen LogP contribution < -0.4 is 0 Å². The molecule has 5 rings (SSSR count). The Labute approximate surface area is 179 Å². The predicted molar refractivity (Wildman–Crippen MR) is 114 cm³/mol. The number of rotatable bonds is 4. The summed E-state index contributed by atoms with van der Waals surface area (Å²) in [5, 5.41) is 4.79. The third kappa shape index (κ3) is 3.44. The van der Waals surface area contributed by atoms with Crippen LogP contribution in [0, 0.1) is 13.8 Å². The molecule has 1 aliphatic rings. The number of fused-ring (bicyclic) bond motifs is 1. The fraction of sp³-hybridized carbons (Fsp3) is 0.273. The highest BCUT2D eigenvalue weighted by atomic mass is 32.2. The molecule has 31 heavy (non-hydrogen) atoms. The fourth-order valence-electron chi connectivity index (χ4n) is 3.75. The van der Waals surface area contributed by atoms with Crippen LogP contribution in [0.4, 0.5) is 0 Å². The van der Waals surface area contributed by atoms with E-state index in [2.05, 4.69) is 10.1 Å². The molecular formula is C22H21N3O5S. The zero-order valence-electron chi connectivity index (χ0n) is 17.2. The van der Waals surface area contributed by atoms with Crippen LogP contribution in [0.5, 0.6) is 0 Å². The van der Waals surface area contributed by atoms with Gasteiger partial charge < -0.3 is 13.7 Å². The molecule has 0 amide bonds. The molecule has 1 aliphatic heterocycles. The molecule has 2 aromatic heterocycles. The van der Waals surface area contributed by atoms with Crippen LogP contribution >= 0.6 is 0 Å². The van der Waals surface area contributed by atoms with Gasteiger partial charge in [0, 0.05) is 29.6 Å². The second-order valence-electron chi connectivity index (χ2n) is 7.47. The smallest absolute Gasteiger partial charge is 0.294 e. The molecule has 0 atom stereocenters. The molecule has 0 aliphatic carbocycles. The molecule has 0 N–H and O–H groups in total. The summed E-state index contributed by atoms with van der Waals surface area (Å²) < 4.78 is 44.2. The van der Waals surface area contributed by atoms with Crippen molar-refractivity contribution in [2.75, 3.05) is 26.3 Å². The molecule has 9 heteroatoms. The lowest BCUT2D eigenvalue weighted by Crippen LogP contribution is -2.40. The van der Waals surface area contributed by atoms with Crippen molar-refractivity contribution in [3.8, 4) is 23.0 Å². The topological polar surface area (TPSA) is 98.7 Å².